The van der Waals surface area contributed by atoms with Crippen LogP contribution in [0.3, 0.4) is 0 Å². The molecule has 1 aromatic carbocycles. The maximum absolute atomic E-state index is 12.6. The molecular weight excluding hydrogens is 306 g/mol. The number of hydrogen-bond donors (Lipinski definition) is 1. The molecule has 122 valence electrons. The monoisotopic (exact) mass is 329 g/mol. The third kappa shape index (κ3) is 3.79. The van der Waals surface area contributed by atoms with Crippen molar-refractivity contribution in [2.24, 2.45) is 0 Å². The van der Waals surface area contributed by atoms with E-state index >= 15 is 0 Å². The third-order valence-corrected chi connectivity index (χ3v) is 5.39. The molecule has 1 saturated heterocycles. The Balaban J connectivity index is 1.74. The smallest absolute Gasteiger partial charge is 0.267 e. The number of rotatable bonds is 4. The fraction of sp³-hybridized carbons (Fsp3) is 0.444. The Labute approximate surface area is 141 Å². The molecule has 23 heavy (non-hydrogen) atoms. The molecule has 1 fully saturated rings. The zero-order chi connectivity index (χ0) is 16.4. The number of aromatic nitrogens is 1. The van der Waals surface area contributed by atoms with Crippen molar-refractivity contribution in [3.8, 4) is 0 Å². The van der Waals surface area contributed by atoms with Gasteiger partial charge in [0, 0.05) is 5.69 Å². The number of carbonyl (C=O) groups excluding carboxylic acids is 1. The summed E-state index contributed by atoms with van der Waals surface area (Å²) < 4.78 is 0. The molecule has 0 unspecified atom stereocenters. The Kier molecular flexibility index (Phi) is 4.78. The summed E-state index contributed by atoms with van der Waals surface area (Å²) in [7, 11) is 0. The molecule has 0 radical (unpaired) electrons. The van der Waals surface area contributed by atoms with Gasteiger partial charge in [0.1, 0.15) is 9.88 Å². The number of thiazole rings is 1. The normalized spacial score (nSPS) is 15.1. The lowest BCUT2D eigenvalue weighted by atomic mass is 10.1. The number of hydrogen-bond acceptors (Lipinski definition) is 4. The number of amides is 1. The average Bonchev–Trinajstić information content (AvgIpc) is 3.13. The van der Waals surface area contributed by atoms with Gasteiger partial charge in [0.2, 0.25) is 0 Å². The van der Waals surface area contributed by atoms with Crippen molar-refractivity contribution in [3.63, 3.8) is 0 Å². The summed E-state index contributed by atoms with van der Waals surface area (Å²) in [5.41, 5.74) is 3.92. The standard InChI is InChI=1S/C18H23N3OS/c1-12-6-7-13(2)15(10-12)20-18(22)17-14(3)19-16(23-17)11-21-8-4-5-9-21/h6-7,10H,4-5,8-9,11H2,1-3H3,(H,20,22). The predicted molar refractivity (Wildman–Crippen MR) is 95.2 cm³/mol. The number of benzene rings is 1. The molecule has 5 heteroatoms. The van der Waals surface area contributed by atoms with E-state index in [2.05, 4.69) is 21.3 Å². The second kappa shape index (κ2) is 6.81. The summed E-state index contributed by atoms with van der Waals surface area (Å²) in [6.07, 6.45) is 2.54. The minimum Gasteiger partial charge on any atom is -0.321 e. The first-order valence-corrected chi connectivity index (χ1v) is 8.92. The summed E-state index contributed by atoms with van der Waals surface area (Å²) in [5, 5.41) is 4.07. The van der Waals surface area contributed by atoms with Crippen LogP contribution in [-0.4, -0.2) is 28.9 Å². The molecule has 4 nitrogen and oxygen atoms in total. The predicted octanol–water partition coefficient (Wildman–Crippen LogP) is 3.92. The SMILES string of the molecule is Cc1ccc(C)c(NC(=O)c2sc(CN3CCCC3)nc2C)c1. The van der Waals surface area contributed by atoms with E-state index in [1.165, 1.54) is 24.2 Å². The van der Waals surface area contributed by atoms with Crippen molar-refractivity contribution >= 4 is 22.9 Å². The minimum absolute atomic E-state index is 0.0543. The maximum Gasteiger partial charge on any atom is 0.267 e. The van der Waals surface area contributed by atoms with Crippen molar-refractivity contribution in [2.45, 2.75) is 40.2 Å². The largest absolute Gasteiger partial charge is 0.321 e. The Bertz CT molecular complexity index is 717. The van der Waals surface area contributed by atoms with Crippen LogP contribution in [0.2, 0.25) is 0 Å². The second-order valence-corrected chi connectivity index (χ2v) is 7.36. The molecule has 1 aliphatic rings. The van der Waals surface area contributed by atoms with E-state index in [-0.39, 0.29) is 5.91 Å². The molecule has 0 aliphatic carbocycles. The van der Waals surface area contributed by atoms with Crippen LogP contribution in [0.15, 0.2) is 18.2 Å². The molecule has 1 aromatic heterocycles. The highest BCUT2D eigenvalue weighted by Gasteiger charge is 2.19. The van der Waals surface area contributed by atoms with Crippen molar-refractivity contribution in [1.29, 1.82) is 0 Å². The first-order valence-electron chi connectivity index (χ1n) is 8.10. The van der Waals surface area contributed by atoms with Crippen molar-refractivity contribution < 1.29 is 4.79 Å². The third-order valence-electron chi connectivity index (χ3n) is 4.25. The summed E-state index contributed by atoms with van der Waals surface area (Å²) in [6.45, 7) is 9.10. The molecule has 3 rings (SSSR count). The van der Waals surface area contributed by atoms with Gasteiger partial charge in [-0.15, -0.1) is 11.3 Å². The van der Waals surface area contributed by atoms with E-state index in [0.29, 0.717) is 0 Å². The van der Waals surface area contributed by atoms with Crippen LogP contribution in [0.4, 0.5) is 5.69 Å². The fourth-order valence-electron chi connectivity index (χ4n) is 2.91. The zero-order valence-electron chi connectivity index (χ0n) is 14.0. The van der Waals surface area contributed by atoms with E-state index in [1.807, 2.05) is 32.9 Å². The lowest BCUT2D eigenvalue weighted by Crippen LogP contribution is -2.18. The van der Waals surface area contributed by atoms with E-state index in [9.17, 15) is 4.79 Å². The lowest BCUT2D eigenvalue weighted by Gasteiger charge is -2.11. The van der Waals surface area contributed by atoms with E-state index in [0.717, 1.165) is 52.0 Å². The molecule has 1 N–H and O–H groups in total. The van der Waals surface area contributed by atoms with Gasteiger partial charge >= 0.3 is 0 Å². The quantitative estimate of drug-likeness (QED) is 0.925. The van der Waals surface area contributed by atoms with Crippen molar-refractivity contribution in [2.75, 3.05) is 18.4 Å². The summed E-state index contributed by atoms with van der Waals surface area (Å²) in [5.74, 6) is -0.0543. The summed E-state index contributed by atoms with van der Waals surface area (Å²) in [4.78, 5) is 20.3. The number of aryl methyl sites for hydroxylation is 3. The van der Waals surface area contributed by atoms with Crippen molar-refractivity contribution in [1.82, 2.24) is 9.88 Å². The van der Waals surface area contributed by atoms with Crippen molar-refractivity contribution in [3.05, 3.63) is 44.9 Å². The zero-order valence-corrected chi connectivity index (χ0v) is 14.8. The minimum atomic E-state index is -0.0543. The Morgan fingerprint density at radius 3 is 2.74 bits per heavy atom. The van der Waals surface area contributed by atoms with Crippen LogP contribution < -0.4 is 5.32 Å². The van der Waals surface area contributed by atoms with Crippen LogP contribution in [0.5, 0.6) is 0 Å². The fourth-order valence-corrected chi connectivity index (χ4v) is 3.91. The van der Waals surface area contributed by atoms with E-state index < -0.39 is 0 Å². The maximum atomic E-state index is 12.6. The Morgan fingerprint density at radius 2 is 2.00 bits per heavy atom. The van der Waals surface area contributed by atoms with Crippen LogP contribution >= 0.6 is 11.3 Å². The van der Waals surface area contributed by atoms with Gasteiger partial charge in [0.15, 0.2) is 0 Å². The van der Waals surface area contributed by atoms with Gasteiger partial charge in [0.25, 0.3) is 5.91 Å². The Hall–Kier alpha value is -1.72. The van der Waals surface area contributed by atoms with Crippen LogP contribution in [0.1, 0.15) is 44.3 Å². The first kappa shape index (κ1) is 16.1. The molecule has 2 heterocycles. The van der Waals surface area contributed by atoms with Crippen LogP contribution in [0.25, 0.3) is 0 Å². The topological polar surface area (TPSA) is 45.2 Å². The average molecular weight is 329 g/mol. The molecule has 1 amide bonds. The highest BCUT2D eigenvalue weighted by molar-refractivity contribution is 7.13. The van der Waals surface area contributed by atoms with Gasteiger partial charge in [-0.1, -0.05) is 12.1 Å². The molecular formula is C18H23N3OS. The van der Waals surface area contributed by atoms with Gasteiger partial charge < -0.3 is 5.32 Å². The number of nitrogens with zero attached hydrogens (tertiary/aromatic N) is 2. The number of likely N-dealkylation sites (tertiary alicyclic amines) is 1. The van der Waals surface area contributed by atoms with Crippen LogP contribution in [-0.2, 0) is 6.54 Å². The molecule has 0 spiro atoms. The molecule has 0 atom stereocenters. The van der Waals surface area contributed by atoms with E-state index in [1.54, 1.807) is 0 Å². The second-order valence-electron chi connectivity index (χ2n) is 6.28. The first-order chi connectivity index (χ1) is 11.0. The van der Waals surface area contributed by atoms with Gasteiger partial charge in [-0.3, -0.25) is 9.69 Å². The molecule has 0 bridgehead atoms. The summed E-state index contributed by atoms with van der Waals surface area (Å²) >= 11 is 1.52. The van der Waals surface area contributed by atoms with Gasteiger partial charge in [-0.25, -0.2) is 4.98 Å². The van der Waals surface area contributed by atoms with Gasteiger partial charge in [0.05, 0.1) is 12.2 Å². The lowest BCUT2D eigenvalue weighted by molar-refractivity contribution is 0.102. The van der Waals surface area contributed by atoms with Crippen LogP contribution in [0, 0.1) is 20.8 Å². The highest BCUT2D eigenvalue weighted by atomic mass is 32.1. The summed E-state index contributed by atoms with van der Waals surface area (Å²) in [6, 6.07) is 6.09. The molecule has 0 saturated carbocycles. The Morgan fingerprint density at radius 1 is 1.26 bits per heavy atom. The number of carbonyl (C=O) groups is 1. The highest BCUT2D eigenvalue weighted by Crippen LogP contribution is 2.24. The van der Waals surface area contributed by atoms with Gasteiger partial charge in [-0.05, 0) is 63.9 Å². The number of nitrogens with one attached hydrogen (secondary N) is 1. The van der Waals surface area contributed by atoms with E-state index in [4.69, 9.17) is 0 Å². The molecule has 1 aliphatic heterocycles. The molecule has 2 aromatic rings. The number of anilines is 1. The van der Waals surface area contributed by atoms with Gasteiger partial charge in [-0.2, -0.15) is 0 Å².